The Kier molecular flexibility index (Phi) is 4.43. The van der Waals surface area contributed by atoms with Gasteiger partial charge in [-0.05, 0) is 25.6 Å². The van der Waals surface area contributed by atoms with Crippen LogP contribution in [-0.4, -0.2) is 42.6 Å². The van der Waals surface area contributed by atoms with E-state index in [0.717, 1.165) is 37.6 Å². The summed E-state index contributed by atoms with van der Waals surface area (Å²) in [6.07, 6.45) is 1.16. The number of halogens is 1. The van der Waals surface area contributed by atoms with Crippen LogP contribution in [0.4, 0.5) is 5.82 Å². The van der Waals surface area contributed by atoms with Crippen LogP contribution in [0.15, 0.2) is 12.1 Å². The van der Waals surface area contributed by atoms with Crippen LogP contribution in [0.1, 0.15) is 19.0 Å². The second-order valence-corrected chi connectivity index (χ2v) is 5.20. The van der Waals surface area contributed by atoms with E-state index in [4.69, 9.17) is 17.3 Å². The summed E-state index contributed by atoms with van der Waals surface area (Å²) < 4.78 is 0. The van der Waals surface area contributed by atoms with Crippen LogP contribution in [0.25, 0.3) is 0 Å². The Morgan fingerprint density at radius 1 is 1.44 bits per heavy atom. The minimum Gasteiger partial charge on any atom is -0.354 e. The van der Waals surface area contributed by atoms with Crippen molar-refractivity contribution < 1.29 is 0 Å². The molecular weight excluding hydrogens is 248 g/mol. The number of likely N-dealkylation sites (N-methyl/N-ethyl adjacent to an activating group) is 1. The van der Waals surface area contributed by atoms with Crippen molar-refractivity contribution >= 4 is 17.4 Å². The molecule has 2 rings (SSSR count). The lowest BCUT2D eigenvalue weighted by Gasteiger charge is -2.39. The highest BCUT2D eigenvalue weighted by Gasteiger charge is 2.23. The second-order valence-electron chi connectivity index (χ2n) is 4.79. The van der Waals surface area contributed by atoms with Gasteiger partial charge < -0.3 is 10.6 Å². The van der Waals surface area contributed by atoms with Gasteiger partial charge in [0.2, 0.25) is 0 Å². The number of nitrogens with zero attached hydrogens (tertiary/aromatic N) is 3. The Balaban J connectivity index is 2.16. The molecular formula is C13H21ClN4. The van der Waals surface area contributed by atoms with Gasteiger partial charge in [-0.1, -0.05) is 18.5 Å². The summed E-state index contributed by atoms with van der Waals surface area (Å²) >= 11 is 6.05. The van der Waals surface area contributed by atoms with Gasteiger partial charge in [0, 0.05) is 32.2 Å². The number of aromatic nitrogens is 1. The molecule has 4 nitrogen and oxygen atoms in total. The van der Waals surface area contributed by atoms with E-state index in [1.165, 1.54) is 0 Å². The zero-order chi connectivity index (χ0) is 13.1. The molecule has 1 aromatic rings. The topological polar surface area (TPSA) is 45.4 Å². The van der Waals surface area contributed by atoms with Crippen LogP contribution < -0.4 is 10.6 Å². The molecule has 0 bridgehead atoms. The van der Waals surface area contributed by atoms with Crippen molar-refractivity contribution in [3.8, 4) is 0 Å². The lowest BCUT2D eigenvalue weighted by Crippen LogP contribution is -2.51. The number of hydrogen-bond donors (Lipinski definition) is 1. The molecule has 1 fully saturated rings. The third kappa shape index (κ3) is 2.76. The van der Waals surface area contributed by atoms with Gasteiger partial charge in [0.25, 0.3) is 0 Å². The molecule has 1 unspecified atom stereocenters. The molecule has 0 aromatic carbocycles. The summed E-state index contributed by atoms with van der Waals surface area (Å²) in [5.74, 6) is 0.992. The molecule has 0 saturated carbocycles. The molecule has 1 aliphatic rings. The van der Waals surface area contributed by atoms with E-state index in [1.54, 1.807) is 0 Å². The molecule has 0 radical (unpaired) electrons. The van der Waals surface area contributed by atoms with Crippen LogP contribution in [-0.2, 0) is 6.54 Å². The first-order valence-corrected chi connectivity index (χ1v) is 6.84. The van der Waals surface area contributed by atoms with Crippen molar-refractivity contribution in [1.29, 1.82) is 0 Å². The highest BCUT2D eigenvalue weighted by Crippen LogP contribution is 2.21. The number of hydrogen-bond acceptors (Lipinski definition) is 4. The second kappa shape index (κ2) is 5.87. The Hall–Kier alpha value is -0.840. The highest BCUT2D eigenvalue weighted by molar-refractivity contribution is 6.31. The molecule has 0 amide bonds. The smallest absolute Gasteiger partial charge is 0.129 e. The zero-order valence-corrected chi connectivity index (χ0v) is 11.8. The molecule has 5 heteroatoms. The summed E-state index contributed by atoms with van der Waals surface area (Å²) in [4.78, 5) is 9.29. The van der Waals surface area contributed by atoms with Gasteiger partial charge in [-0.3, -0.25) is 4.90 Å². The van der Waals surface area contributed by atoms with Gasteiger partial charge >= 0.3 is 0 Å². The number of nitrogens with two attached hydrogens (primary N) is 1. The predicted molar refractivity (Wildman–Crippen MR) is 76.1 cm³/mol. The average Bonchev–Trinajstić information content (AvgIpc) is 2.40. The molecule has 2 heterocycles. The van der Waals surface area contributed by atoms with E-state index < -0.39 is 0 Å². The first-order valence-electron chi connectivity index (χ1n) is 6.46. The number of anilines is 1. The van der Waals surface area contributed by atoms with Crippen molar-refractivity contribution in [2.75, 3.05) is 31.6 Å². The van der Waals surface area contributed by atoms with E-state index in [2.05, 4.69) is 28.8 Å². The number of piperazine rings is 1. The minimum atomic E-state index is 0.387. The monoisotopic (exact) mass is 268 g/mol. The first kappa shape index (κ1) is 13.6. The third-order valence-corrected chi connectivity index (χ3v) is 4.01. The summed E-state index contributed by atoms with van der Waals surface area (Å²) in [7, 11) is 2.19. The first-order chi connectivity index (χ1) is 8.65. The fourth-order valence-corrected chi connectivity index (χ4v) is 2.57. The molecule has 1 aromatic heterocycles. The van der Waals surface area contributed by atoms with Crippen molar-refractivity contribution in [1.82, 2.24) is 9.88 Å². The standard InChI is InChI=1S/C13H21ClN4/c1-3-10-9-18(7-6-17(10)2)13-5-4-11(14)12(8-15)16-13/h4-5,10H,3,6-9,15H2,1-2H3. The zero-order valence-electron chi connectivity index (χ0n) is 11.1. The van der Waals surface area contributed by atoms with Gasteiger partial charge in [-0.2, -0.15) is 0 Å². The highest BCUT2D eigenvalue weighted by atomic mass is 35.5. The van der Waals surface area contributed by atoms with E-state index in [9.17, 15) is 0 Å². The van der Waals surface area contributed by atoms with Gasteiger partial charge in [0.05, 0.1) is 10.7 Å². The molecule has 0 aliphatic carbocycles. The van der Waals surface area contributed by atoms with Crippen LogP contribution in [0.3, 0.4) is 0 Å². The Labute approximate surface area is 114 Å². The Morgan fingerprint density at radius 2 is 2.22 bits per heavy atom. The van der Waals surface area contributed by atoms with Crippen molar-refractivity contribution in [3.63, 3.8) is 0 Å². The van der Waals surface area contributed by atoms with Crippen LogP contribution in [0, 0.1) is 0 Å². The van der Waals surface area contributed by atoms with Gasteiger partial charge in [0.15, 0.2) is 0 Å². The maximum absolute atomic E-state index is 6.05. The molecule has 18 heavy (non-hydrogen) atoms. The lowest BCUT2D eigenvalue weighted by molar-refractivity contribution is 0.213. The maximum Gasteiger partial charge on any atom is 0.129 e. The van der Waals surface area contributed by atoms with Crippen molar-refractivity contribution in [2.45, 2.75) is 25.9 Å². The molecule has 1 saturated heterocycles. The van der Waals surface area contributed by atoms with Gasteiger partial charge in [-0.25, -0.2) is 4.98 Å². The van der Waals surface area contributed by atoms with Gasteiger partial charge in [-0.15, -0.1) is 0 Å². The largest absolute Gasteiger partial charge is 0.354 e. The lowest BCUT2D eigenvalue weighted by atomic mass is 10.1. The van der Waals surface area contributed by atoms with Crippen molar-refractivity contribution in [2.24, 2.45) is 5.73 Å². The summed E-state index contributed by atoms with van der Waals surface area (Å²) in [6, 6.07) is 4.47. The fourth-order valence-electron chi connectivity index (χ4n) is 2.39. The number of pyridine rings is 1. The normalized spacial score (nSPS) is 21.3. The molecule has 1 atom stereocenters. The van der Waals surface area contributed by atoms with Crippen LogP contribution >= 0.6 is 11.6 Å². The van der Waals surface area contributed by atoms with Crippen LogP contribution in [0.5, 0.6) is 0 Å². The maximum atomic E-state index is 6.05. The SMILES string of the molecule is CCC1CN(c2ccc(Cl)c(CN)n2)CCN1C. The summed E-state index contributed by atoms with van der Waals surface area (Å²) in [5.41, 5.74) is 6.43. The molecule has 1 aliphatic heterocycles. The fraction of sp³-hybridized carbons (Fsp3) is 0.615. The molecule has 0 spiro atoms. The van der Waals surface area contributed by atoms with E-state index >= 15 is 0 Å². The van der Waals surface area contributed by atoms with Crippen LogP contribution in [0.2, 0.25) is 5.02 Å². The Bertz CT molecular complexity index is 410. The van der Waals surface area contributed by atoms with E-state index in [-0.39, 0.29) is 0 Å². The third-order valence-electron chi connectivity index (χ3n) is 3.67. The Morgan fingerprint density at radius 3 is 2.89 bits per heavy atom. The number of rotatable bonds is 3. The average molecular weight is 269 g/mol. The quantitative estimate of drug-likeness (QED) is 0.907. The predicted octanol–water partition coefficient (Wildman–Crippen LogP) is 1.72. The summed E-state index contributed by atoms with van der Waals surface area (Å²) in [5, 5.41) is 0.655. The minimum absolute atomic E-state index is 0.387. The van der Waals surface area contributed by atoms with E-state index in [1.807, 2.05) is 12.1 Å². The van der Waals surface area contributed by atoms with Gasteiger partial charge in [0.1, 0.15) is 5.82 Å². The molecule has 2 N–H and O–H groups in total. The summed E-state index contributed by atoms with van der Waals surface area (Å²) in [6.45, 7) is 5.71. The van der Waals surface area contributed by atoms with E-state index in [0.29, 0.717) is 17.6 Å². The molecule has 100 valence electrons. The van der Waals surface area contributed by atoms with Crippen molar-refractivity contribution in [3.05, 3.63) is 22.8 Å².